The summed E-state index contributed by atoms with van der Waals surface area (Å²) in [5, 5.41) is 18.9. The largest absolute Gasteiger partial charge is 0.387 e. The first kappa shape index (κ1) is 8.40. The zero-order valence-corrected chi connectivity index (χ0v) is 6.71. The van der Waals surface area contributed by atoms with E-state index in [1.807, 2.05) is 0 Å². The van der Waals surface area contributed by atoms with Crippen molar-refractivity contribution in [1.82, 2.24) is 0 Å². The highest BCUT2D eigenvalue weighted by Gasteiger charge is 2.50. The van der Waals surface area contributed by atoms with Crippen LogP contribution in [0, 0.1) is 0 Å². The molecule has 2 aliphatic heterocycles. The van der Waals surface area contributed by atoms with Gasteiger partial charge in [-0.15, -0.1) is 0 Å². The van der Waals surface area contributed by atoms with Gasteiger partial charge in [0.05, 0.1) is 6.61 Å². The van der Waals surface area contributed by atoms with Crippen LogP contribution in [0.5, 0.6) is 0 Å². The SMILES string of the molecule is CO[C@@H]1O[C@H]2CO[C@H]([C@@H]1O)[C@@H]2O. The molecule has 2 rings (SSSR count). The van der Waals surface area contributed by atoms with E-state index in [2.05, 4.69) is 0 Å². The Morgan fingerprint density at radius 2 is 2.08 bits per heavy atom. The number of aliphatic hydroxyl groups is 2. The first-order chi connectivity index (χ1) is 5.74. The summed E-state index contributed by atoms with van der Waals surface area (Å²) < 4.78 is 15.2. The number of aliphatic hydroxyl groups excluding tert-OH is 2. The maximum absolute atomic E-state index is 9.49. The summed E-state index contributed by atoms with van der Waals surface area (Å²) in [5.41, 5.74) is 0. The van der Waals surface area contributed by atoms with Gasteiger partial charge in [-0.05, 0) is 0 Å². The third-order valence-electron chi connectivity index (χ3n) is 2.33. The lowest BCUT2D eigenvalue weighted by molar-refractivity contribution is -0.253. The van der Waals surface area contributed by atoms with Gasteiger partial charge in [0.25, 0.3) is 0 Å². The number of methoxy groups -OCH3 is 1. The van der Waals surface area contributed by atoms with E-state index in [9.17, 15) is 10.2 Å². The van der Waals surface area contributed by atoms with Crippen molar-refractivity contribution < 1.29 is 24.4 Å². The molecule has 0 aromatic rings. The van der Waals surface area contributed by atoms with Gasteiger partial charge in [0.2, 0.25) is 0 Å². The third-order valence-corrected chi connectivity index (χ3v) is 2.33. The summed E-state index contributed by atoms with van der Waals surface area (Å²) in [6.07, 6.45) is -3.22. The molecule has 0 aromatic carbocycles. The van der Waals surface area contributed by atoms with Gasteiger partial charge in [-0.1, -0.05) is 0 Å². The molecule has 0 radical (unpaired) electrons. The molecular weight excluding hydrogens is 164 g/mol. The second-order valence-electron chi connectivity index (χ2n) is 3.06. The predicted molar refractivity (Wildman–Crippen MR) is 37.4 cm³/mol. The maximum atomic E-state index is 9.49. The molecule has 5 atom stereocenters. The highest BCUT2D eigenvalue weighted by atomic mass is 16.7. The molecule has 0 amide bonds. The highest BCUT2D eigenvalue weighted by Crippen LogP contribution is 2.29. The molecule has 0 unspecified atom stereocenters. The van der Waals surface area contributed by atoms with Crippen LogP contribution < -0.4 is 0 Å². The molecule has 2 fully saturated rings. The van der Waals surface area contributed by atoms with Gasteiger partial charge in [0, 0.05) is 7.11 Å². The molecule has 5 heteroatoms. The molecule has 2 bridgehead atoms. The minimum atomic E-state index is -0.899. The highest BCUT2D eigenvalue weighted by molar-refractivity contribution is 4.94. The Morgan fingerprint density at radius 1 is 1.33 bits per heavy atom. The van der Waals surface area contributed by atoms with Gasteiger partial charge < -0.3 is 24.4 Å². The number of fused-ring (bicyclic) bond motifs is 2. The van der Waals surface area contributed by atoms with E-state index in [1.165, 1.54) is 7.11 Å². The van der Waals surface area contributed by atoms with Gasteiger partial charge in [0.15, 0.2) is 6.29 Å². The molecule has 2 aliphatic rings. The summed E-state index contributed by atoms with van der Waals surface area (Å²) in [4.78, 5) is 0. The van der Waals surface area contributed by atoms with E-state index in [0.717, 1.165) is 0 Å². The maximum Gasteiger partial charge on any atom is 0.186 e. The van der Waals surface area contributed by atoms with Crippen LogP contribution in [0.3, 0.4) is 0 Å². The molecule has 2 saturated heterocycles. The Labute approximate surface area is 69.8 Å². The molecule has 2 N–H and O–H groups in total. The fraction of sp³-hybridized carbons (Fsp3) is 1.00. The minimum Gasteiger partial charge on any atom is -0.387 e. The van der Waals surface area contributed by atoms with Crippen LogP contribution in [0.4, 0.5) is 0 Å². The van der Waals surface area contributed by atoms with Gasteiger partial charge >= 0.3 is 0 Å². The van der Waals surface area contributed by atoms with E-state index >= 15 is 0 Å². The van der Waals surface area contributed by atoms with Crippen molar-refractivity contribution in [2.45, 2.75) is 30.7 Å². The van der Waals surface area contributed by atoms with E-state index in [0.29, 0.717) is 6.61 Å². The summed E-state index contributed by atoms with van der Waals surface area (Å²) in [7, 11) is 1.45. The Hall–Kier alpha value is -0.200. The summed E-state index contributed by atoms with van der Waals surface area (Å²) >= 11 is 0. The fourth-order valence-electron chi connectivity index (χ4n) is 1.64. The van der Waals surface area contributed by atoms with Crippen molar-refractivity contribution in [3.63, 3.8) is 0 Å². The molecule has 5 nitrogen and oxygen atoms in total. The third kappa shape index (κ3) is 1.06. The number of ether oxygens (including phenoxy) is 3. The normalized spacial score (nSPS) is 52.8. The minimum absolute atomic E-state index is 0.322. The van der Waals surface area contributed by atoms with E-state index in [-0.39, 0.29) is 6.10 Å². The van der Waals surface area contributed by atoms with Crippen LogP contribution in [0.25, 0.3) is 0 Å². The molecule has 12 heavy (non-hydrogen) atoms. The van der Waals surface area contributed by atoms with Gasteiger partial charge in [-0.2, -0.15) is 0 Å². The molecule has 0 saturated carbocycles. The van der Waals surface area contributed by atoms with Crippen LogP contribution >= 0.6 is 0 Å². The standard InChI is InChI=1S/C7H12O5/c1-10-7-5(9)6-4(8)3(12-7)2-11-6/h3-9H,2H2,1H3/t3-,4+,5-,6-,7+/m0/s1. The van der Waals surface area contributed by atoms with Crippen LogP contribution in [-0.2, 0) is 14.2 Å². The van der Waals surface area contributed by atoms with Crippen molar-refractivity contribution in [2.24, 2.45) is 0 Å². The molecule has 0 aliphatic carbocycles. The Morgan fingerprint density at radius 3 is 2.75 bits per heavy atom. The lowest BCUT2D eigenvalue weighted by atomic mass is 10.0. The second-order valence-corrected chi connectivity index (χ2v) is 3.06. The van der Waals surface area contributed by atoms with E-state index in [1.54, 1.807) is 0 Å². The average molecular weight is 176 g/mol. The molecular formula is C7H12O5. The Balaban J connectivity index is 2.12. The summed E-state index contributed by atoms with van der Waals surface area (Å²) in [6.45, 7) is 0.322. The fourth-order valence-corrected chi connectivity index (χ4v) is 1.64. The molecule has 2 heterocycles. The first-order valence-corrected chi connectivity index (χ1v) is 3.90. The van der Waals surface area contributed by atoms with Crippen LogP contribution in [0.1, 0.15) is 0 Å². The van der Waals surface area contributed by atoms with E-state index < -0.39 is 24.6 Å². The first-order valence-electron chi connectivity index (χ1n) is 3.90. The van der Waals surface area contributed by atoms with Gasteiger partial charge in [-0.3, -0.25) is 0 Å². The lowest BCUT2D eigenvalue weighted by Gasteiger charge is -2.33. The topological polar surface area (TPSA) is 68.2 Å². The van der Waals surface area contributed by atoms with Crippen molar-refractivity contribution in [1.29, 1.82) is 0 Å². The number of rotatable bonds is 1. The van der Waals surface area contributed by atoms with Gasteiger partial charge in [0.1, 0.15) is 24.4 Å². The number of hydrogen-bond acceptors (Lipinski definition) is 5. The van der Waals surface area contributed by atoms with Crippen molar-refractivity contribution in [2.75, 3.05) is 13.7 Å². The summed E-state index contributed by atoms with van der Waals surface area (Å²) in [6, 6.07) is 0. The zero-order valence-electron chi connectivity index (χ0n) is 6.71. The zero-order chi connectivity index (χ0) is 8.72. The lowest BCUT2D eigenvalue weighted by Crippen LogP contribution is -2.53. The Bertz CT molecular complexity index is 173. The van der Waals surface area contributed by atoms with E-state index in [4.69, 9.17) is 14.2 Å². The average Bonchev–Trinajstić information content (AvgIpc) is 2.31. The van der Waals surface area contributed by atoms with Crippen LogP contribution in [-0.4, -0.2) is 54.6 Å². The monoisotopic (exact) mass is 176 g/mol. The quantitative estimate of drug-likeness (QED) is 0.507. The molecule has 0 aromatic heterocycles. The second kappa shape index (κ2) is 2.93. The van der Waals surface area contributed by atoms with Crippen molar-refractivity contribution in [3.05, 3.63) is 0 Å². The Kier molecular flexibility index (Phi) is 2.05. The smallest absolute Gasteiger partial charge is 0.186 e. The van der Waals surface area contributed by atoms with Crippen molar-refractivity contribution >= 4 is 0 Å². The summed E-state index contributed by atoms with van der Waals surface area (Å²) in [5.74, 6) is 0. The predicted octanol–water partition coefficient (Wildman–Crippen LogP) is -1.52. The van der Waals surface area contributed by atoms with Gasteiger partial charge in [-0.25, -0.2) is 0 Å². The number of hydrogen-bond donors (Lipinski definition) is 2. The van der Waals surface area contributed by atoms with Crippen LogP contribution in [0.2, 0.25) is 0 Å². The van der Waals surface area contributed by atoms with Crippen molar-refractivity contribution in [3.8, 4) is 0 Å². The molecule has 70 valence electrons. The van der Waals surface area contributed by atoms with Crippen LogP contribution in [0.15, 0.2) is 0 Å². The molecule has 0 spiro atoms.